The molecule has 2 aromatic rings. The highest BCUT2D eigenvalue weighted by Crippen LogP contribution is 2.47. The van der Waals surface area contributed by atoms with Crippen molar-refractivity contribution in [3.8, 4) is 0 Å². The number of nitrogens with one attached hydrogen (secondary N) is 1. The van der Waals surface area contributed by atoms with Gasteiger partial charge in [0, 0.05) is 16.0 Å². The van der Waals surface area contributed by atoms with Crippen LogP contribution in [0.15, 0.2) is 48.5 Å². The molecule has 1 fully saturated rings. The molecule has 0 heterocycles. The maximum atomic E-state index is 12.5. The first-order chi connectivity index (χ1) is 11.5. The van der Waals surface area contributed by atoms with Crippen molar-refractivity contribution >= 4 is 52.1 Å². The highest BCUT2D eigenvalue weighted by atomic mass is 35.5. The van der Waals surface area contributed by atoms with Crippen molar-refractivity contribution in [1.82, 2.24) is 5.43 Å². The number of carbonyl (C=O) groups is 1. The zero-order valence-electron chi connectivity index (χ0n) is 12.6. The van der Waals surface area contributed by atoms with Crippen LogP contribution in [0.2, 0.25) is 10.0 Å². The second kappa shape index (κ2) is 6.97. The summed E-state index contributed by atoms with van der Waals surface area (Å²) in [5.74, 6) is -0.0197. The van der Waals surface area contributed by atoms with Gasteiger partial charge in [0.25, 0.3) is 0 Å². The van der Waals surface area contributed by atoms with Crippen LogP contribution in [0.5, 0.6) is 0 Å². The number of benzene rings is 2. The maximum absolute atomic E-state index is 12.5. The number of nitrogens with two attached hydrogens (primary N) is 1. The van der Waals surface area contributed by atoms with Crippen molar-refractivity contribution in [2.45, 2.75) is 12.3 Å². The molecular weight excluding hydrogens is 365 g/mol. The number of carbonyl (C=O) groups excluding carboxylic acids is 1. The van der Waals surface area contributed by atoms with Gasteiger partial charge in [-0.15, -0.1) is 0 Å². The molecule has 124 valence electrons. The summed E-state index contributed by atoms with van der Waals surface area (Å²) in [6.45, 7) is 0. The van der Waals surface area contributed by atoms with Crippen molar-refractivity contribution < 1.29 is 4.79 Å². The van der Waals surface area contributed by atoms with E-state index in [0.29, 0.717) is 15.7 Å². The Labute approximate surface area is 155 Å². The fraction of sp³-hybridized carbons (Fsp3) is 0.176. The Morgan fingerprint density at radius 2 is 1.62 bits per heavy atom. The van der Waals surface area contributed by atoms with Gasteiger partial charge in [0.2, 0.25) is 5.91 Å². The summed E-state index contributed by atoms with van der Waals surface area (Å²) < 4.78 is 0. The first-order valence-corrected chi connectivity index (χ1v) is 8.53. The third-order valence-corrected chi connectivity index (χ3v) is 4.64. The van der Waals surface area contributed by atoms with Crippen LogP contribution in [0.3, 0.4) is 0 Å². The fourth-order valence-electron chi connectivity index (χ4n) is 2.59. The van der Waals surface area contributed by atoms with Crippen LogP contribution < -0.4 is 16.2 Å². The van der Waals surface area contributed by atoms with Gasteiger partial charge in [-0.3, -0.25) is 10.2 Å². The Kier molecular flexibility index (Phi) is 4.94. The predicted molar refractivity (Wildman–Crippen MR) is 101 cm³/mol. The summed E-state index contributed by atoms with van der Waals surface area (Å²) in [7, 11) is 0. The largest absolute Gasteiger partial charge is 0.374 e. The molecule has 3 rings (SSSR count). The van der Waals surface area contributed by atoms with Gasteiger partial charge in [-0.1, -0.05) is 35.3 Å². The predicted octanol–water partition coefficient (Wildman–Crippen LogP) is 3.88. The quantitative estimate of drug-likeness (QED) is 0.627. The number of hydrazine groups is 1. The van der Waals surface area contributed by atoms with Crippen LogP contribution >= 0.6 is 35.4 Å². The number of hydrogen-bond acceptors (Lipinski definition) is 2. The van der Waals surface area contributed by atoms with Gasteiger partial charge in [-0.25, -0.2) is 5.01 Å². The lowest BCUT2D eigenvalue weighted by atomic mass is 10.1. The Balaban J connectivity index is 1.68. The van der Waals surface area contributed by atoms with Crippen molar-refractivity contribution in [2.24, 2.45) is 11.7 Å². The standard InChI is InChI=1S/C17H15Cl2N3OS/c18-11-3-1-10(2-4-11)14-9-15(14)16(23)21-22(17(20)24)13-7-5-12(19)6-8-13/h1-8,14-15H,9H2,(H2,20,24)(H,21,23). The van der Waals surface area contributed by atoms with Gasteiger partial charge < -0.3 is 5.73 Å². The Morgan fingerprint density at radius 1 is 1.08 bits per heavy atom. The smallest absolute Gasteiger partial charge is 0.242 e. The fourth-order valence-corrected chi connectivity index (χ4v) is 3.00. The molecule has 0 radical (unpaired) electrons. The molecule has 0 aliphatic heterocycles. The monoisotopic (exact) mass is 379 g/mol. The molecule has 4 nitrogen and oxygen atoms in total. The molecule has 0 aromatic heterocycles. The van der Waals surface area contributed by atoms with Crippen LogP contribution in [-0.2, 0) is 4.79 Å². The lowest BCUT2D eigenvalue weighted by molar-refractivity contribution is -0.122. The maximum Gasteiger partial charge on any atom is 0.242 e. The summed E-state index contributed by atoms with van der Waals surface area (Å²) in [6.07, 6.45) is 0.791. The summed E-state index contributed by atoms with van der Waals surface area (Å²) in [4.78, 5) is 12.5. The van der Waals surface area contributed by atoms with Crippen molar-refractivity contribution in [2.75, 3.05) is 5.01 Å². The highest BCUT2D eigenvalue weighted by molar-refractivity contribution is 7.80. The number of amides is 1. The molecule has 2 unspecified atom stereocenters. The number of thiocarbonyl (C=S) groups is 1. The van der Waals surface area contributed by atoms with Gasteiger partial charge in [0.1, 0.15) is 0 Å². The van der Waals surface area contributed by atoms with Gasteiger partial charge in [0.15, 0.2) is 5.11 Å². The van der Waals surface area contributed by atoms with E-state index in [1.165, 1.54) is 5.01 Å². The molecule has 1 amide bonds. The zero-order valence-corrected chi connectivity index (χ0v) is 14.9. The second-order valence-corrected chi connectivity index (χ2v) is 6.92. The summed E-state index contributed by atoms with van der Waals surface area (Å²) in [6, 6.07) is 14.5. The minimum absolute atomic E-state index is 0.0642. The SMILES string of the molecule is NC(=S)N(NC(=O)C1CC1c1ccc(Cl)cc1)c1ccc(Cl)cc1. The average molecular weight is 380 g/mol. The molecule has 24 heavy (non-hydrogen) atoms. The van der Waals surface area contributed by atoms with Gasteiger partial charge in [-0.2, -0.15) is 0 Å². The number of hydrogen-bond donors (Lipinski definition) is 2. The van der Waals surface area contributed by atoms with E-state index in [0.717, 1.165) is 12.0 Å². The first kappa shape index (κ1) is 17.0. The Morgan fingerprint density at radius 3 is 2.17 bits per heavy atom. The highest BCUT2D eigenvalue weighted by Gasteiger charge is 2.44. The molecule has 3 N–H and O–H groups in total. The molecule has 7 heteroatoms. The van der Waals surface area contributed by atoms with Gasteiger partial charge in [0.05, 0.1) is 5.69 Å². The van der Waals surface area contributed by atoms with Crippen molar-refractivity contribution in [3.05, 3.63) is 64.1 Å². The lowest BCUT2D eigenvalue weighted by Crippen LogP contribution is -2.49. The van der Waals surface area contributed by atoms with E-state index in [4.69, 9.17) is 41.2 Å². The zero-order chi connectivity index (χ0) is 17.3. The summed E-state index contributed by atoms with van der Waals surface area (Å²) in [5.41, 5.74) is 10.3. The molecule has 1 saturated carbocycles. The number of halogens is 2. The second-order valence-electron chi connectivity index (χ2n) is 5.63. The molecule has 1 aliphatic rings. The van der Waals surface area contributed by atoms with Crippen molar-refractivity contribution in [1.29, 1.82) is 0 Å². The minimum Gasteiger partial charge on any atom is -0.374 e. The van der Waals surface area contributed by atoms with E-state index >= 15 is 0 Å². The third-order valence-electron chi connectivity index (χ3n) is 3.95. The summed E-state index contributed by atoms with van der Waals surface area (Å²) >= 11 is 16.8. The van der Waals surface area contributed by atoms with Crippen LogP contribution in [0.1, 0.15) is 17.9 Å². The summed E-state index contributed by atoms with van der Waals surface area (Å²) in [5, 5.41) is 2.74. The van der Waals surface area contributed by atoms with Crippen LogP contribution in [0, 0.1) is 5.92 Å². The van der Waals surface area contributed by atoms with Crippen LogP contribution in [-0.4, -0.2) is 11.0 Å². The minimum atomic E-state index is -0.113. The van der Waals surface area contributed by atoms with E-state index in [9.17, 15) is 4.79 Å². The molecule has 0 bridgehead atoms. The van der Waals surface area contributed by atoms with E-state index in [1.54, 1.807) is 24.3 Å². The van der Waals surface area contributed by atoms with E-state index in [1.807, 2.05) is 24.3 Å². The average Bonchev–Trinajstić information content (AvgIpc) is 3.34. The lowest BCUT2D eigenvalue weighted by Gasteiger charge is -2.23. The Bertz CT molecular complexity index is 764. The molecule has 2 atom stereocenters. The van der Waals surface area contributed by atoms with Crippen molar-refractivity contribution in [3.63, 3.8) is 0 Å². The van der Waals surface area contributed by atoms with Gasteiger partial charge in [-0.05, 0) is 66.5 Å². The molecule has 0 spiro atoms. The van der Waals surface area contributed by atoms with Crippen LogP contribution in [0.4, 0.5) is 5.69 Å². The number of anilines is 1. The van der Waals surface area contributed by atoms with E-state index in [2.05, 4.69) is 5.43 Å². The normalized spacial score (nSPS) is 18.8. The van der Waals surface area contributed by atoms with E-state index < -0.39 is 0 Å². The molecular formula is C17H15Cl2N3OS. The van der Waals surface area contributed by atoms with Gasteiger partial charge >= 0.3 is 0 Å². The van der Waals surface area contributed by atoms with Crippen LogP contribution in [0.25, 0.3) is 0 Å². The topological polar surface area (TPSA) is 58.4 Å². The molecule has 0 saturated heterocycles. The molecule has 1 aliphatic carbocycles. The first-order valence-electron chi connectivity index (χ1n) is 7.37. The van der Waals surface area contributed by atoms with E-state index in [-0.39, 0.29) is 22.9 Å². The number of nitrogens with zero attached hydrogens (tertiary/aromatic N) is 1. The third kappa shape index (κ3) is 3.80. The number of rotatable bonds is 3. The Hall–Kier alpha value is -1.82. The molecule has 2 aromatic carbocycles.